The van der Waals surface area contributed by atoms with Gasteiger partial charge in [-0.2, -0.15) is 0 Å². The van der Waals surface area contributed by atoms with Crippen LogP contribution in [0.4, 0.5) is 26.3 Å². The fraction of sp³-hybridized carbons (Fsp3) is 0.462. The Bertz CT molecular complexity index is 1120. The zero-order valence-electron chi connectivity index (χ0n) is 20.5. The monoisotopic (exact) mass is 563 g/mol. The normalized spacial score (nSPS) is 17.7. The minimum absolute atomic E-state index is 0.0554. The van der Waals surface area contributed by atoms with E-state index in [1.807, 2.05) is 6.92 Å². The van der Waals surface area contributed by atoms with Gasteiger partial charge in [0.1, 0.15) is 17.2 Å². The quantitative estimate of drug-likeness (QED) is 0.232. The molecule has 0 aromatic heterocycles. The minimum atomic E-state index is -4.90. The second-order valence-corrected chi connectivity index (χ2v) is 9.57. The van der Waals surface area contributed by atoms with Crippen LogP contribution >= 0.6 is 12.2 Å². The van der Waals surface area contributed by atoms with Gasteiger partial charge in [0.15, 0.2) is 0 Å². The lowest BCUT2D eigenvalue weighted by Crippen LogP contribution is -2.26. The van der Waals surface area contributed by atoms with Gasteiger partial charge in [-0.05, 0) is 78.8 Å². The van der Waals surface area contributed by atoms with Crippen molar-refractivity contribution in [1.29, 1.82) is 0 Å². The van der Waals surface area contributed by atoms with Crippen molar-refractivity contribution in [2.45, 2.75) is 64.3 Å². The number of halogens is 6. The summed E-state index contributed by atoms with van der Waals surface area (Å²) < 4.78 is 89.3. The standard InChI is InChI=1S/C26H27F6NO4S/c1-2-10-33-24(34)22-15-20(37-26(30,31)32)8-9-23(22)35-18-7-6-17(11-18)14-21(38)13-16-4-3-5-19(12-16)36-25(27,28)29/h3-5,8-9,12,15,17-18H,2,6-7,10-11,13-14H2,1H3,(H,33,34). The SMILES string of the molecule is CCCNC(=O)c1cc(OC(F)(F)F)ccc1OC1CCC(CC(=S)Cc2cccc(OC(F)(F)F)c2)C1. The van der Waals surface area contributed by atoms with Crippen molar-refractivity contribution < 1.29 is 45.3 Å². The Labute approximate surface area is 221 Å². The van der Waals surface area contributed by atoms with E-state index in [1.165, 1.54) is 24.3 Å². The first-order valence-corrected chi connectivity index (χ1v) is 12.4. The summed E-state index contributed by atoms with van der Waals surface area (Å²) in [5.41, 5.74) is 0.548. The molecule has 0 spiro atoms. The molecule has 1 aliphatic rings. The Morgan fingerprint density at radius 2 is 1.68 bits per heavy atom. The lowest BCUT2D eigenvalue weighted by Gasteiger charge is -2.18. The number of hydrogen-bond acceptors (Lipinski definition) is 5. The van der Waals surface area contributed by atoms with Crippen LogP contribution in [0.25, 0.3) is 0 Å². The molecule has 2 aromatic rings. The molecule has 0 heterocycles. The fourth-order valence-corrected chi connectivity index (χ4v) is 4.70. The zero-order valence-corrected chi connectivity index (χ0v) is 21.3. The molecular weight excluding hydrogens is 536 g/mol. The zero-order chi connectivity index (χ0) is 27.9. The van der Waals surface area contributed by atoms with Gasteiger partial charge in [0, 0.05) is 13.0 Å². The Morgan fingerprint density at radius 3 is 2.34 bits per heavy atom. The van der Waals surface area contributed by atoms with E-state index in [-0.39, 0.29) is 29.1 Å². The maximum Gasteiger partial charge on any atom is 0.573 e. The lowest BCUT2D eigenvalue weighted by molar-refractivity contribution is -0.275. The summed E-state index contributed by atoms with van der Waals surface area (Å²) in [4.78, 5) is 13.3. The van der Waals surface area contributed by atoms with Crippen LogP contribution in [0.5, 0.6) is 17.2 Å². The van der Waals surface area contributed by atoms with Gasteiger partial charge in [0.05, 0.1) is 11.7 Å². The molecule has 0 saturated heterocycles. The number of carbonyl (C=O) groups is 1. The first-order valence-electron chi connectivity index (χ1n) is 12.0. The number of rotatable bonds is 11. The second-order valence-electron chi connectivity index (χ2n) is 9.00. The van der Waals surface area contributed by atoms with Crippen LogP contribution in [-0.2, 0) is 6.42 Å². The van der Waals surface area contributed by atoms with E-state index in [1.54, 1.807) is 6.07 Å². The van der Waals surface area contributed by atoms with Crippen molar-refractivity contribution in [1.82, 2.24) is 5.32 Å². The minimum Gasteiger partial charge on any atom is -0.490 e. The van der Waals surface area contributed by atoms with E-state index < -0.39 is 24.4 Å². The van der Waals surface area contributed by atoms with Gasteiger partial charge in [0.2, 0.25) is 0 Å². The predicted molar refractivity (Wildman–Crippen MR) is 132 cm³/mol. The molecule has 208 valence electrons. The number of amides is 1. The first kappa shape index (κ1) is 29.5. The number of benzene rings is 2. The van der Waals surface area contributed by atoms with Gasteiger partial charge >= 0.3 is 12.7 Å². The van der Waals surface area contributed by atoms with E-state index in [4.69, 9.17) is 17.0 Å². The molecule has 1 amide bonds. The Balaban J connectivity index is 1.60. The summed E-state index contributed by atoms with van der Waals surface area (Å²) in [6.45, 7) is 2.19. The summed E-state index contributed by atoms with van der Waals surface area (Å²) in [7, 11) is 0. The highest BCUT2D eigenvalue weighted by Crippen LogP contribution is 2.35. The number of alkyl halides is 6. The molecule has 0 bridgehead atoms. The Morgan fingerprint density at radius 1 is 1.00 bits per heavy atom. The predicted octanol–water partition coefficient (Wildman–Crippen LogP) is 7.17. The lowest BCUT2D eigenvalue weighted by atomic mass is 9.98. The van der Waals surface area contributed by atoms with Crippen LogP contribution in [0, 0.1) is 5.92 Å². The van der Waals surface area contributed by atoms with E-state index in [2.05, 4.69) is 14.8 Å². The van der Waals surface area contributed by atoms with Gasteiger partial charge in [0.25, 0.3) is 5.91 Å². The third kappa shape index (κ3) is 9.70. The molecule has 1 fully saturated rings. The fourth-order valence-electron chi connectivity index (χ4n) is 4.30. The number of nitrogens with one attached hydrogen (secondary N) is 1. The number of thiocarbonyl (C=S) groups is 1. The molecule has 5 nitrogen and oxygen atoms in total. The van der Waals surface area contributed by atoms with Gasteiger partial charge in [-0.1, -0.05) is 31.3 Å². The Kier molecular flexibility index (Phi) is 9.86. The van der Waals surface area contributed by atoms with Crippen molar-refractivity contribution in [3.8, 4) is 17.2 Å². The summed E-state index contributed by atoms with van der Waals surface area (Å²) in [5.74, 6) is -1.08. The summed E-state index contributed by atoms with van der Waals surface area (Å²) in [5, 5.41) is 2.63. The molecule has 0 radical (unpaired) electrons. The van der Waals surface area contributed by atoms with Crippen molar-refractivity contribution >= 4 is 23.0 Å². The van der Waals surface area contributed by atoms with Gasteiger partial charge in [-0.25, -0.2) is 0 Å². The van der Waals surface area contributed by atoms with Crippen LogP contribution in [0.15, 0.2) is 42.5 Å². The molecule has 1 saturated carbocycles. The van der Waals surface area contributed by atoms with Gasteiger partial charge in [-0.3, -0.25) is 4.79 Å². The smallest absolute Gasteiger partial charge is 0.490 e. The molecule has 2 aromatic carbocycles. The van der Waals surface area contributed by atoms with E-state index >= 15 is 0 Å². The number of carbonyl (C=O) groups excluding carboxylic acids is 1. The summed E-state index contributed by atoms with van der Waals surface area (Å²) in [6.07, 6.45) is -6.41. The highest BCUT2D eigenvalue weighted by atomic mass is 32.1. The highest BCUT2D eigenvalue weighted by molar-refractivity contribution is 7.80. The van der Waals surface area contributed by atoms with Crippen molar-refractivity contribution in [3.63, 3.8) is 0 Å². The topological polar surface area (TPSA) is 56.8 Å². The van der Waals surface area contributed by atoms with Gasteiger partial charge in [-0.15, -0.1) is 26.3 Å². The van der Waals surface area contributed by atoms with Crippen molar-refractivity contribution in [3.05, 3.63) is 53.6 Å². The molecule has 12 heteroatoms. The first-order chi connectivity index (χ1) is 17.8. The average molecular weight is 564 g/mol. The van der Waals surface area contributed by atoms with E-state index in [0.717, 1.165) is 18.6 Å². The number of ether oxygens (including phenoxy) is 3. The molecule has 2 unspecified atom stereocenters. The molecule has 2 atom stereocenters. The van der Waals surface area contributed by atoms with Crippen LogP contribution in [0.3, 0.4) is 0 Å². The molecule has 1 N–H and O–H groups in total. The molecule has 38 heavy (non-hydrogen) atoms. The third-order valence-electron chi connectivity index (χ3n) is 5.80. The van der Waals surface area contributed by atoms with E-state index in [0.29, 0.717) is 49.1 Å². The van der Waals surface area contributed by atoms with Crippen molar-refractivity contribution in [2.75, 3.05) is 6.54 Å². The maximum absolute atomic E-state index is 12.7. The average Bonchev–Trinajstić information content (AvgIpc) is 3.23. The van der Waals surface area contributed by atoms with Crippen LogP contribution in [0.1, 0.15) is 54.9 Å². The Hall–Kier alpha value is -3.02. The third-order valence-corrected chi connectivity index (χ3v) is 6.11. The van der Waals surface area contributed by atoms with E-state index in [9.17, 15) is 31.1 Å². The molecule has 0 aliphatic heterocycles. The molecular formula is C26H27F6NO4S. The van der Waals surface area contributed by atoms with Crippen LogP contribution < -0.4 is 19.5 Å². The van der Waals surface area contributed by atoms with Gasteiger partial charge < -0.3 is 19.5 Å². The second kappa shape index (κ2) is 12.7. The highest BCUT2D eigenvalue weighted by Gasteiger charge is 2.33. The summed E-state index contributed by atoms with van der Waals surface area (Å²) in [6, 6.07) is 9.06. The summed E-state index contributed by atoms with van der Waals surface area (Å²) >= 11 is 5.48. The van der Waals surface area contributed by atoms with Crippen molar-refractivity contribution in [2.24, 2.45) is 5.92 Å². The van der Waals surface area contributed by atoms with Crippen LogP contribution in [-0.4, -0.2) is 36.1 Å². The largest absolute Gasteiger partial charge is 0.573 e. The molecule has 3 rings (SSSR count). The maximum atomic E-state index is 12.7. The van der Waals surface area contributed by atoms with Crippen LogP contribution in [0.2, 0.25) is 0 Å². The molecule has 1 aliphatic carbocycles. The number of hydrogen-bond donors (Lipinski definition) is 1.